The summed E-state index contributed by atoms with van der Waals surface area (Å²) in [5, 5.41) is 9.65. The van der Waals surface area contributed by atoms with Crippen LogP contribution in [0.2, 0.25) is 5.02 Å². The molecule has 0 unspecified atom stereocenters. The van der Waals surface area contributed by atoms with Gasteiger partial charge in [-0.15, -0.1) is 0 Å². The van der Waals surface area contributed by atoms with Crippen molar-refractivity contribution in [1.29, 1.82) is 0 Å². The van der Waals surface area contributed by atoms with Crippen LogP contribution in [0.5, 0.6) is 0 Å². The van der Waals surface area contributed by atoms with Gasteiger partial charge < -0.3 is 5.11 Å². The molecule has 0 atom stereocenters. The Morgan fingerprint density at radius 3 is 2.57 bits per heavy atom. The van der Waals surface area contributed by atoms with Crippen LogP contribution in [0.25, 0.3) is 0 Å². The van der Waals surface area contributed by atoms with Crippen molar-refractivity contribution in [1.82, 2.24) is 0 Å². The zero-order chi connectivity index (χ0) is 15.6. The maximum Gasteiger partial charge on any atom is 0.262 e. The molecule has 112 valence electrons. The van der Waals surface area contributed by atoms with E-state index in [-0.39, 0.29) is 11.5 Å². The maximum absolute atomic E-state index is 12.5. The molecule has 2 rings (SSSR count). The Morgan fingerprint density at radius 2 is 1.90 bits per heavy atom. The molecule has 2 aromatic carbocycles. The molecular formula is C14H13BrClNO3S. The molecule has 21 heavy (non-hydrogen) atoms. The zero-order valence-electron chi connectivity index (χ0n) is 11.1. The van der Waals surface area contributed by atoms with Crippen LogP contribution in [0.3, 0.4) is 0 Å². The monoisotopic (exact) mass is 389 g/mol. The molecule has 7 heteroatoms. The predicted molar refractivity (Wildman–Crippen MR) is 87.1 cm³/mol. The normalized spacial score (nSPS) is 11.4. The summed E-state index contributed by atoms with van der Waals surface area (Å²) in [6.45, 7) is 1.45. The van der Waals surface area contributed by atoms with Gasteiger partial charge in [-0.2, -0.15) is 0 Å². The highest BCUT2D eigenvalue weighted by atomic mass is 79.9. The largest absolute Gasteiger partial charge is 0.392 e. The van der Waals surface area contributed by atoms with Crippen LogP contribution in [0.4, 0.5) is 5.69 Å². The molecule has 0 aliphatic rings. The Morgan fingerprint density at radius 1 is 1.24 bits per heavy atom. The van der Waals surface area contributed by atoms with E-state index in [0.717, 1.165) is 0 Å². The SMILES string of the molecule is Cc1c(CO)cccc1S(=O)(=O)Nc1cccc(Cl)c1Br. The number of halogens is 2. The number of hydrogen-bond acceptors (Lipinski definition) is 3. The molecule has 0 aliphatic carbocycles. The number of aliphatic hydroxyl groups excluding tert-OH is 1. The standard InChI is InChI=1S/C14H13BrClNO3S/c1-9-10(8-18)4-2-7-13(9)21(19,20)17-12-6-3-5-11(16)14(12)15/h2-7,17-18H,8H2,1H3. The highest BCUT2D eigenvalue weighted by Gasteiger charge is 2.19. The molecule has 0 heterocycles. The lowest BCUT2D eigenvalue weighted by atomic mass is 10.1. The molecule has 2 aromatic rings. The molecule has 0 radical (unpaired) electrons. The predicted octanol–water partition coefficient (Wildman–Crippen LogP) is 3.70. The minimum atomic E-state index is -3.77. The molecule has 0 fully saturated rings. The topological polar surface area (TPSA) is 66.4 Å². The van der Waals surface area contributed by atoms with E-state index in [1.807, 2.05) is 0 Å². The number of sulfonamides is 1. The van der Waals surface area contributed by atoms with E-state index in [0.29, 0.717) is 26.3 Å². The summed E-state index contributed by atoms with van der Waals surface area (Å²) in [6, 6.07) is 9.70. The van der Waals surface area contributed by atoms with Crippen LogP contribution < -0.4 is 4.72 Å². The second-order valence-corrected chi connectivity index (χ2v) is 7.26. The third-order valence-electron chi connectivity index (χ3n) is 3.05. The molecule has 4 nitrogen and oxygen atoms in total. The van der Waals surface area contributed by atoms with Crippen molar-refractivity contribution in [2.45, 2.75) is 18.4 Å². The van der Waals surface area contributed by atoms with Gasteiger partial charge >= 0.3 is 0 Å². The third kappa shape index (κ3) is 3.40. The van der Waals surface area contributed by atoms with E-state index in [2.05, 4.69) is 20.7 Å². The van der Waals surface area contributed by atoms with E-state index in [9.17, 15) is 13.5 Å². The van der Waals surface area contributed by atoms with E-state index in [1.165, 1.54) is 6.07 Å². The van der Waals surface area contributed by atoms with Crippen LogP contribution in [0.1, 0.15) is 11.1 Å². The average Bonchev–Trinajstić information content (AvgIpc) is 2.44. The van der Waals surface area contributed by atoms with E-state index in [4.69, 9.17) is 11.6 Å². The lowest BCUT2D eigenvalue weighted by molar-refractivity contribution is 0.280. The number of anilines is 1. The van der Waals surface area contributed by atoms with Crippen LogP contribution in [-0.2, 0) is 16.6 Å². The Kier molecular flexibility index (Phi) is 4.93. The van der Waals surface area contributed by atoms with Gasteiger partial charge in [0.15, 0.2) is 0 Å². The van der Waals surface area contributed by atoms with Crippen molar-refractivity contribution in [2.24, 2.45) is 0 Å². The Balaban J connectivity index is 2.46. The van der Waals surface area contributed by atoms with Gasteiger partial charge in [0.25, 0.3) is 10.0 Å². The molecule has 0 spiro atoms. The van der Waals surface area contributed by atoms with Gasteiger partial charge in [-0.25, -0.2) is 8.42 Å². The first kappa shape index (κ1) is 16.3. The summed E-state index contributed by atoms with van der Waals surface area (Å²) >= 11 is 9.21. The Bertz CT molecular complexity index is 778. The van der Waals surface area contributed by atoms with E-state index in [1.54, 1.807) is 37.3 Å². The Labute approximate surface area is 136 Å². The van der Waals surface area contributed by atoms with Crippen molar-refractivity contribution < 1.29 is 13.5 Å². The first-order chi connectivity index (χ1) is 9.86. The van der Waals surface area contributed by atoms with Gasteiger partial charge in [0.1, 0.15) is 0 Å². The van der Waals surface area contributed by atoms with Crippen LogP contribution in [0.15, 0.2) is 45.8 Å². The maximum atomic E-state index is 12.5. The van der Waals surface area contributed by atoms with Gasteiger partial charge in [-0.05, 0) is 52.2 Å². The summed E-state index contributed by atoms with van der Waals surface area (Å²) in [5.74, 6) is 0. The summed E-state index contributed by atoms with van der Waals surface area (Å²) in [7, 11) is -3.77. The highest BCUT2D eigenvalue weighted by Crippen LogP contribution is 2.32. The second-order valence-electron chi connectivity index (χ2n) is 4.41. The van der Waals surface area contributed by atoms with Crippen molar-refractivity contribution in [2.75, 3.05) is 4.72 Å². The summed E-state index contributed by atoms with van der Waals surface area (Å²) in [6.07, 6.45) is 0. The highest BCUT2D eigenvalue weighted by molar-refractivity contribution is 9.10. The number of aliphatic hydroxyl groups is 1. The fraction of sp³-hybridized carbons (Fsp3) is 0.143. The van der Waals surface area contributed by atoms with Crippen LogP contribution in [-0.4, -0.2) is 13.5 Å². The number of hydrogen-bond donors (Lipinski definition) is 2. The molecule has 0 amide bonds. The van der Waals surface area contributed by atoms with Gasteiger partial charge in [0, 0.05) is 0 Å². The van der Waals surface area contributed by atoms with Crippen molar-refractivity contribution >= 4 is 43.2 Å². The lowest BCUT2D eigenvalue weighted by Crippen LogP contribution is -2.15. The number of benzene rings is 2. The second kappa shape index (κ2) is 6.36. The number of nitrogens with one attached hydrogen (secondary N) is 1. The van der Waals surface area contributed by atoms with Gasteiger partial charge in [-0.1, -0.05) is 29.8 Å². The minimum absolute atomic E-state index is 0.126. The summed E-state index contributed by atoms with van der Waals surface area (Å²) in [4.78, 5) is 0.126. The molecule has 0 aromatic heterocycles. The molecule has 0 bridgehead atoms. The van der Waals surface area contributed by atoms with E-state index < -0.39 is 10.0 Å². The minimum Gasteiger partial charge on any atom is -0.392 e. The lowest BCUT2D eigenvalue weighted by Gasteiger charge is -2.13. The van der Waals surface area contributed by atoms with Gasteiger partial charge in [0.05, 0.1) is 26.7 Å². The first-order valence-electron chi connectivity index (χ1n) is 6.03. The summed E-state index contributed by atoms with van der Waals surface area (Å²) < 4.78 is 28.0. The number of rotatable bonds is 4. The third-order valence-corrected chi connectivity index (χ3v) is 5.96. The molecule has 0 saturated heterocycles. The summed E-state index contributed by atoms with van der Waals surface area (Å²) in [5.41, 5.74) is 1.45. The van der Waals surface area contributed by atoms with E-state index >= 15 is 0 Å². The fourth-order valence-corrected chi connectivity index (χ4v) is 3.94. The molecule has 0 saturated carbocycles. The zero-order valence-corrected chi connectivity index (χ0v) is 14.3. The average molecular weight is 391 g/mol. The van der Waals surface area contributed by atoms with Crippen LogP contribution >= 0.6 is 27.5 Å². The molecule has 0 aliphatic heterocycles. The van der Waals surface area contributed by atoms with Gasteiger partial charge in [0.2, 0.25) is 0 Å². The smallest absolute Gasteiger partial charge is 0.262 e. The molecular weight excluding hydrogens is 378 g/mol. The van der Waals surface area contributed by atoms with Crippen molar-refractivity contribution in [3.8, 4) is 0 Å². The van der Waals surface area contributed by atoms with Crippen molar-refractivity contribution in [3.63, 3.8) is 0 Å². The fourth-order valence-electron chi connectivity index (χ4n) is 1.90. The van der Waals surface area contributed by atoms with Crippen molar-refractivity contribution in [3.05, 3.63) is 57.0 Å². The van der Waals surface area contributed by atoms with Gasteiger partial charge in [-0.3, -0.25) is 4.72 Å². The molecule has 2 N–H and O–H groups in total. The Hall–Kier alpha value is -1.08. The van der Waals surface area contributed by atoms with Crippen LogP contribution in [0, 0.1) is 6.92 Å². The quantitative estimate of drug-likeness (QED) is 0.836. The first-order valence-corrected chi connectivity index (χ1v) is 8.68.